The van der Waals surface area contributed by atoms with E-state index in [2.05, 4.69) is 10.1 Å². The molecule has 0 spiro atoms. The first-order valence-electron chi connectivity index (χ1n) is 5.69. The van der Waals surface area contributed by atoms with E-state index >= 15 is 0 Å². The van der Waals surface area contributed by atoms with Gasteiger partial charge in [-0.2, -0.15) is 4.98 Å². The first-order chi connectivity index (χ1) is 9.06. The lowest BCUT2D eigenvalue weighted by atomic mass is 10.4. The molecule has 2 N–H and O–H groups in total. The van der Waals surface area contributed by atoms with E-state index in [4.69, 9.17) is 5.73 Å². The topological polar surface area (TPSA) is 90.9 Å². The molecule has 0 radical (unpaired) electrons. The monoisotopic (exact) mass is 296 g/mol. The zero-order chi connectivity index (χ0) is 13.5. The SMILES string of the molecule is Nc1nc2n(n1)C(CS(=O)(=O)c1ccccc1)CS2. The molecule has 0 saturated carbocycles. The van der Waals surface area contributed by atoms with E-state index in [0.29, 0.717) is 15.8 Å². The van der Waals surface area contributed by atoms with Crippen LogP contribution in [0.3, 0.4) is 0 Å². The molecule has 0 amide bonds. The van der Waals surface area contributed by atoms with Gasteiger partial charge in [0, 0.05) is 5.75 Å². The molecule has 0 aliphatic carbocycles. The summed E-state index contributed by atoms with van der Waals surface area (Å²) < 4.78 is 26.2. The predicted octanol–water partition coefficient (Wildman–Crippen LogP) is 0.981. The number of thioether (sulfide) groups is 1. The number of fused-ring (bicyclic) bond motifs is 1. The van der Waals surface area contributed by atoms with Crippen LogP contribution in [0, 0.1) is 0 Å². The Kier molecular flexibility index (Phi) is 2.98. The minimum atomic E-state index is -3.32. The third-order valence-corrected chi connectivity index (χ3v) is 5.78. The number of anilines is 1. The van der Waals surface area contributed by atoms with E-state index in [1.54, 1.807) is 35.0 Å². The van der Waals surface area contributed by atoms with Crippen LogP contribution in [0.25, 0.3) is 0 Å². The highest BCUT2D eigenvalue weighted by molar-refractivity contribution is 7.99. The number of aromatic nitrogens is 3. The molecule has 1 aliphatic rings. The van der Waals surface area contributed by atoms with Crippen LogP contribution in [0.2, 0.25) is 0 Å². The number of rotatable bonds is 3. The van der Waals surface area contributed by atoms with Crippen LogP contribution in [0.4, 0.5) is 5.95 Å². The van der Waals surface area contributed by atoms with Gasteiger partial charge in [0.25, 0.3) is 0 Å². The lowest BCUT2D eigenvalue weighted by molar-refractivity contribution is 0.505. The Labute approximate surface area is 114 Å². The minimum Gasteiger partial charge on any atom is -0.366 e. The maximum atomic E-state index is 12.3. The fourth-order valence-corrected chi connectivity index (χ4v) is 4.76. The molecule has 1 aliphatic heterocycles. The van der Waals surface area contributed by atoms with Crippen LogP contribution in [0.15, 0.2) is 40.4 Å². The second-order valence-corrected chi connectivity index (χ2v) is 7.28. The Morgan fingerprint density at radius 2 is 2.11 bits per heavy atom. The van der Waals surface area contributed by atoms with E-state index < -0.39 is 9.84 Å². The quantitative estimate of drug-likeness (QED) is 0.908. The van der Waals surface area contributed by atoms with Crippen molar-refractivity contribution in [2.45, 2.75) is 16.1 Å². The number of nitrogens with zero attached hydrogens (tertiary/aromatic N) is 3. The molecule has 1 atom stereocenters. The van der Waals surface area contributed by atoms with Crippen molar-refractivity contribution in [2.75, 3.05) is 17.2 Å². The largest absolute Gasteiger partial charge is 0.366 e. The Bertz CT molecular complexity index is 697. The van der Waals surface area contributed by atoms with Crippen LogP contribution in [-0.2, 0) is 9.84 Å². The fraction of sp³-hybridized carbons (Fsp3) is 0.273. The van der Waals surface area contributed by atoms with Crippen LogP contribution in [0.1, 0.15) is 6.04 Å². The van der Waals surface area contributed by atoms with E-state index in [0.717, 1.165) is 0 Å². The number of hydrogen-bond donors (Lipinski definition) is 1. The fourth-order valence-electron chi connectivity index (χ4n) is 2.00. The molecule has 100 valence electrons. The summed E-state index contributed by atoms with van der Waals surface area (Å²) >= 11 is 1.48. The van der Waals surface area contributed by atoms with Gasteiger partial charge in [0.15, 0.2) is 15.0 Å². The standard InChI is InChI=1S/C11H12N4O2S2/c12-10-13-11-15(14-10)8(6-18-11)7-19(16,17)9-4-2-1-3-5-9/h1-5,8H,6-7H2,(H2,12,14). The summed E-state index contributed by atoms with van der Waals surface area (Å²) in [6, 6.07) is 8.22. The maximum Gasteiger partial charge on any atom is 0.240 e. The van der Waals surface area contributed by atoms with Crippen molar-refractivity contribution < 1.29 is 8.42 Å². The average Bonchev–Trinajstić information content (AvgIpc) is 2.91. The minimum absolute atomic E-state index is 0.0137. The first-order valence-corrected chi connectivity index (χ1v) is 8.33. The third-order valence-electron chi connectivity index (χ3n) is 2.88. The number of hydrogen-bond acceptors (Lipinski definition) is 6. The molecule has 0 saturated heterocycles. The Morgan fingerprint density at radius 1 is 1.37 bits per heavy atom. The number of benzene rings is 1. The molecule has 1 aromatic carbocycles. The molecule has 6 nitrogen and oxygen atoms in total. The summed E-state index contributed by atoms with van der Waals surface area (Å²) in [7, 11) is -3.32. The van der Waals surface area contributed by atoms with Gasteiger partial charge in [-0.25, -0.2) is 13.1 Å². The smallest absolute Gasteiger partial charge is 0.240 e. The average molecular weight is 296 g/mol. The Morgan fingerprint density at radius 3 is 2.84 bits per heavy atom. The molecule has 3 rings (SSSR count). The lowest BCUT2D eigenvalue weighted by Gasteiger charge is -2.11. The van der Waals surface area contributed by atoms with Gasteiger partial charge in [0.2, 0.25) is 5.95 Å². The van der Waals surface area contributed by atoms with Crippen molar-refractivity contribution in [3.63, 3.8) is 0 Å². The van der Waals surface area contributed by atoms with Gasteiger partial charge < -0.3 is 5.73 Å². The number of sulfone groups is 1. The summed E-state index contributed by atoms with van der Waals surface area (Å²) in [5, 5.41) is 4.73. The van der Waals surface area contributed by atoms with Crippen molar-refractivity contribution in [3.8, 4) is 0 Å². The van der Waals surface area contributed by atoms with Crippen molar-refractivity contribution >= 4 is 27.5 Å². The van der Waals surface area contributed by atoms with Crippen molar-refractivity contribution in [3.05, 3.63) is 30.3 Å². The Balaban J connectivity index is 1.87. The van der Waals surface area contributed by atoms with Gasteiger partial charge in [-0.15, -0.1) is 5.10 Å². The van der Waals surface area contributed by atoms with Crippen LogP contribution in [-0.4, -0.2) is 34.7 Å². The molecule has 0 bridgehead atoms. The summed E-state index contributed by atoms with van der Waals surface area (Å²) in [5.41, 5.74) is 5.52. The normalized spacial score (nSPS) is 18.4. The van der Waals surface area contributed by atoms with Gasteiger partial charge in [-0.3, -0.25) is 0 Å². The van der Waals surface area contributed by atoms with Crippen LogP contribution < -0.4 is 5.73 Å². The van der Waals surface area contributed by atoms with Gasteiger partial charge in [-0.1, -0.05) is 30.0 Å². The number of nitrogens with two attached hydrogens (primary N) is 1. The first kappa shape index (κ1) is 12.5. The molecule has 19 heavy (non-hydrogen) atoms. The van der Waals surface area contributed by atoms with Crippen molar-refractivity contribution in [1.29, 1.82) is 0 Å². The highest BCUT2D eigenvalue weighted by Gasteiger charge is 2.30. The summed E-state index contributed by atoms with van der Waals surface area (Å²) in [6.45, 7) is 0. The second-order valence-electron chi connectivity index (χ2n) is 4.26. The van der Waals surface area contributed by atoms with Crippen molar-refractivity contribution in [1.82, 2.24) is 14.8 Å². The number of nitrogen functional groups attached to an aromatic ring is 1. The van der Waals surface area contributed by atoms with E-state index in [1.807, 2.05) is 0 Å². The van der Waals surface area contributed by atoms with E-state index in [-0.39, 0.29) is 17.7 Å². The third kappa shape index (κ3) is 2.33. The van der Waals surface area contributed by atoms with Crippen LogP contribution >= 0.6 is 11.8 Å². The second kappa shape index (κ2) is 4.53. The molecule has 2 aromatic rings. The van der Waals surface area contributed by atoms with E-state index in [9.17, 15) is 8.42 Å². The van der Waals surface area contributed by atoms with E-state index in [1.165, 1.54) is 11.8 Å². The highest BCUT2D eigenvalue weighted by atomic mass is 32.2. The molecular weight excluding hydrogens is 284 g/mol. The van der Waals surface area contributed by atoms with Gasteiger partial charge in [-0.05, 0) is 12.1 Å². The van der Waals surface area contributed by atoms with Gasteiger partial charge >= 0.3 is 0 Å². The molecule has 8 heteroatoms. The molecule has 1 unspecified atom stereocenters. The Hall–Kier alpha value is -1.54. The molecule has 1 aromatic heterocycles. The highest BCUT2D eigenvalue weighted by Crippen LogP contribution is 2.33. The van der Waals surface area contributed by atoms with Crippen molar-refractivity contribution in [2.24, 2.45) is 0 Å². The maximum absolute atomic E-state index is 12.3. The van der Waals surface area contributed by atoms with Gasteiger partial charge in [0.1, 0.15) is 0 Å². The summed E-state index contributed by atoms with van der Waals surface area (Å²) in [4.78, 5) is 4.38. The predicted molar refractivity (Wildman–Crippen MR) is 72.7 cm³/mol. The zero-order valence-corrected chi connectivity index (χ0v) is 11.6. The molecule has 0 fully saturated rings. The lowest BCUT2D eigenvalue weighted by Crippen LogP contribution is -2.20. The van der Waals surface area contributed by atoms with Gasteiger partial charge in [0.05, 0.1) is 16.7 Å². The summed E-state index contributed by atoms with van der Waals surface area (Å²) in [5.74, 6) is 0.853. The van der Waals surface area contributed by atoms with Crippen LogP contribution in [0.5, 0.6) is 0 Å². The molecule has 2 heterocycles. The zero-order valence-electron chi connectivity index (χ0n) is 9.93. The molecular formula is C11H12N4O2S2. The summed E-state index contributed by atoms with van der Waals surface area (Å²) in [6.07, 6.45) is 0.